The number of pyridine rings is 1. The Morgan fingerprint density at radius 1 is 1.10 bits per heavy atom. The normalized spacial score (nSPS) is 11.8. The minimum absolute atomic E-state index is 0.515. The van der Waals surface area contributed by atoms with Crippen LogP contribution in [0.3, 0.4) is 0 Å². The van der Waals surface area contributed by atoms with E-state index in [9.17, 15) is 0 Å². The number of hydrogen-bond donors (Lipinski definition) is 1. The van der Waals surface area contributed by atoms with E-state index in [1.807, 2.05) is 30.3 Å². The largest absolute Gasteiger partial charge is 0.476 e. The Bertz CT molecular complexity index is 588. The summed E-state index contributed by atoms with van der Waals surface area (Å²) < 4.78 is 5.79. The molecule has 0 saturated heterocycles. The van der Waals surface area contributed by atoms with Crippen molar-refractivity contribution in [3.8, 4) is 5.88 Å². The number of aromatic nitrogens is 1. The van der Waals surface area contributed by atoms with Gasteiger partial charge in [0, 0.05) is 35.8 Å². The highest BCUT2D eigenvalue weighted by Gasteiger charge is 2.13. The van der Waals surface area contributed by atoms with E-state index in [1.54, 1.807) is 0 Å². The summed E-state index contributed by atoms with van der Waals surface area (Å²) in [5, 5.41) is 1.04. The van der Waals surface area contributed by atoms with Gasteiger partial charge in [-0.15, -0.1) is 0 Å². The van der Waals surface area contributed by atoms with Crippen molar-refractivity contribution >= 4 is 16.6 Å². The van der Waals surface area contributed by atoms with Crippen LogP contribution in [0.5, 0.6) is 5.88 Å². The van der Waals surface area contributed by atoms with E-state index in [4.69, 9.17) is 10.5 Å². The highest BCUT2D eigenvalue weighted by atomic mass is 16.5. The first-order valence-electron chi connectivity index (χ1n) is 7.52. The molecule has 0 aliphatic heterocycles. The second-order valence-corrected chi connectivity index (χ2v) is 5.88. The minimum atomic E-state index is 0.515. The zero-order valence-corrected chi connectivity index (χ0v) is 13.3. The van der Waals surface area contributed by atoms with Crippen LogP contribution in [0.2, 0.25) is 0 Å². The van der Waals surface area contributed by atoms with E-state index in [0.29, 0.717) is 24.6 Å². The van der Waals surface area contributed by atoms with Crippen molar-refractivity contribution < 1.29 is 4.74 Å². The second kappa shape index (κ2) is 6.76. The van der Waals surface area contributed by atoms with Gasteiger partial charge >= 0.3 is 0 Å². The number of nitrogens with zero attached hydrogens (tertiary/aromatic N) is 2. The molecule has 0 unspecified atom stereocenters. The number of anilines is 1. The van der Waals surface area contributed by atoms with Gasteiger partial charge in [0.25, 0.3) is 0 Å². The Hall–Kier alpha value is -1.81. The van der Waals surface area contributed by atoms with Crippen LogP contribution in [0, 0.1) is 0 Å². The monoisotopic (exact) mass is 287 g/mol. The maximum atomic E-state index is 5.79. The van der Waals surface area contributed by atoms with Gasteiger partial charge in [-0.3, -0.25) is 4.90 Å². The number of ether oxygens (including phenoxy) is 1. The van der Waals surface area contributed by atoms with Gasteiger partial charge in [-0.25, -0.2) is 4.98 Å². The third-order valence-corrected chi connectivity index (χ3v) is 3.61. The fraction of sp³-hybridized carbons (Fsp3) is 0.471. The standard InChI is InChI=1S/C17H25N3O/c1-12(2)20(13(3)4)9-10-21-17-8-5-14-11-15(18)6-7-16(14)19-17/h5-8,11-13H,9-10,18H2,1-4H3. The molecule has 21 heavy (non-hydrogen) atoms. The lowest BCUT2D eigenvalue weighted by Crippen LogP contribution is -2.39. The van der Waals surface area contributed by atoms with Crippen molar-refractivity contribution in [2.45, 2.75) is 39.8 Å². The molecule has 0 aliphatic carbocycles. The lowest BCUT2D eigenvalue weighted by molar-refractivity contribution is 0.140. The van der Waals surface area contributed by atoms with Crippen LogP contribution >= 0.6 is 0 Å². The smallest absolute Gasteiger partial charge is 0.213 e. The summed E-state index contributed by atoms with van der Waals surface area (Å²) in [7, 11) is 0. The Balaban J connectivity index is 1.99. The molecule has 0 saturated carbocycles. The average Bonchev–Trinajstić information content (AvgIpc) is 2.42. The molecular weight excluding hydrogens is 262 g/mol. The molecule has 2 aromatic rings. The molecule has 1 heterocycles. The number of fused-ring (bicyclic) bond motifs is 1. The number of nitrogens with two attached hydrogens (primary N) is 1. The first-order chi connectivity index (χ1) is 9.97. The Morgan fingerprint density at radius 3 is 2.48 bits per heavy atom. The summed E-state index contributed by atoms with van der Waals surface area (Å²) >= 11 is 0. The van der Waals surface area contributed by atoms with Crippen LogP contribution in [0.4, 0.5) is 5.69 Å². The van der Waals surface area contributed by atoms with Crippen LogP contribution in [0.15, 0.2) is 30.3 Å². The first kappa shape index (κ1) is 15.6. The van der Waals surface area contributed by atoms with Crippen LogP contribution in [-0.2, 0) is 0 Å². The average molecular weight is 287 g/mol. The molecule has 4 heteroatoms. The predicted molar refractivity (Wildman–Crippen MR) is 88.6 cm³/mol. The molecule has 0 atom stereocenters. The predicted octanol–water partition coefficient (Wildman–Crippen LogP) is 3.31. The van der Waals surface area contributed by atoms with E-state index >= 15 is 0 Å². The molecule has 4 nitrogen and oxygen atoms in total. The van der Waals surface area contributed by atoms with Crippen molar-refractivity contribution in [1.29, 1.82) is 0 Å². The second-order valence-electron chi connectivity index (χ2n) is 5.88. The highest BCUT2D eigenvalue weighted by Crippen LogP contribution is 2.19. The first-order valence-corrected chi connectivity index (χ1v) is 7.52. The highest BCUT2D eigenvalue weighted by molar-refractivity contribution is 5.82. The molecule has 0 aliphatic rings. The molecule has 2 rings (SSSR count). The van der Waals surface area contributed by atoms with E-state index < -0.39 is 0 Å². The van der Waals surface area contributed by atoms with Crippen LogP contribution in [-0.4, -0.2) is 35.1 Å². The number of rotatable bonds is 6. The van der Waals surface area contributed by atoms with Crippen LogP contribution in [0.25, 0.3) is 10.9 Å². The zero-order chi connectivity index (χ0) is 15.4. The van der Waals surface area contributed by atoms with E-state index in [-0.39, 0.29) is 0 Å². The van der Waals surface area contributed by atoms with Gasteiger partial charge in [-0.2, -0.15) is 0 Å². The third-order valence-electron chi connectivity index (χ3n) is 3.61. The van der Waals surface area contributed by atoms with Crippen LogP contribution < -0.4 is 10.5 Å². The summed E-state index contributed by atoms with van der Waals surface area (Å²) in [6.07, 6.45) is 0. The van der Waals surface area contributed by atoms with Gasteiger partial charge in [0.1, 0.15) is 6.61 Å². The van der Waals surface area contributed by atoms with E-state index in [0.717, 1.165) is 23.1 Å². The SMILES string of the molecule is CC(C)N(CCOc1ccc2cc(N)ccc2n1)C(C)C. The maximum absolute atomic E-state index is 5.79. The fourth-order valence-corrected chi connectivity index (χ4v) is 2.57. The van der Waals surface area contributed by atoms with Crippen molar-refractivity contribution in [2.24, 2.45) is 0 Å². The number of benzene rings is 1. The molecule has 2 N–H and O–H groups in total. The Kier molecular flexibility index (Phi) is 5.02. The van der Waals surface area contributed by atoms with Gasteiger partial charge in [0.05, 0.1) is 5.52 Å². The van der Waals surface area contributed by atoms with Crippen LogP contribution in [0.1, 0.15) is 27.7 Å². The minimum Gasteiger partial charge on any atom is -0.476 e. The number of nitrogen functional groups attached to an aromatic ring is 1. The van der Waals surface area contributed by atoms with Gasteiger partial charge in [0.2, 0.25) is 5.88 Å². The molecular formula is C17H25N3O. The molecule has 0 spiro atoms. The summed E-state index contributed by atoms with van der Waals surface area (Å²) in [5.41, 5.74) is 7.43. The molecule has 0 bridgehead atoms. The van der Waals surface area contributed by atoms with Gasteiger partial charge in [0.15, 0.2) is 0 Å². The lowest BCUT2D eigenvalue weighted by Gasteiger charge is -2.30. The Morgan fingerprint density at radius 2 is 1.81 bits per heavy atom. The molecule has 0 fully saturated rings. The van der Waals surface area contributed by atoms with Gasteiger partial charge in [-0.05, 0) is 52.0 Å². The molecule has 0 amide bonds. The quantitative estimate of drug-likeness (QED) is 0.828. The van der Waals surface area contributed by atoms with Gasteiger partial charge < -0.3 is 10.5 Å². The maximum Gasteiger partial charge on any atom is 0.213 e. The van der Waals surface area contributed by atoms with E-state index in [2.05, 4.69) is 37.6 Å². The molecule has 1 aromatic carbocycles. The fourth-order valence-electron chi connectivity index (χ4n) is 2.57. The molecule has 0 radical (unpaired) electrons. The summed E-state index contributed by atoms with van der Waals surface area (Å²) in [6.45, 7) is 10.4. The number of hydrogen-bond acceptors (Lipinski definition) is 4. The van der Waals surface area contributed by atoms with Crippen molar-refractivity contribution in [3.05, 3.63) is 30.3 Å². The molecule has 1 aromatic heterocycles. The Labute approximate surface area is 126 Å². The zero-order valence-electron chi connectivity index (χ0n) is 13.3. The van der Waals surface area contributed by atoms with Crippen molar-refractivity contribution in [1.82, 2.24) is 9.88 Å². The summed E-state index contributed by atoms with van der Waals surface area (Å²) in [5.74, 6) is 0.666. The molecule has 114 valence electrons. The van der Waals surface area contributed by atoms with Crippen molar-refractivity contribution in [3.63, 3.8) is 0 Å². The topological polar surface area (TPSA) is 51.4 Å². The van der Waals surface area contributed by atoms with E-state index in [1.165, 1.54) is 0 Å². The summed E-state index contributed by atoms with van der Waals surface area (Å²) in [4.78, 5) is 6.91. The summed E-state index contributed by atoms with van der Waals surface area (Å²) in [6, 6.07) is 10.6. The van der Waals surface area contributed by atoms with Crippen molar-refractivity contribution in [2.75, 3.05) is 18.9 Å². The lowest BCUT2D eigenvalue weighted by atomic mass is 10.2. The third kappa shape index (κ3) is 4.08. The van der Waals surface area contributed by atoms with Gasteiger partial charge in [-0.1, -0.05) is 0 Å².